The van der Waals surface area contributed by atoms with Crippen LogP contribution in [0.5, 0.6) is 0 Å². The lowest BCUT2D eigenvalue weighted by atomic mass is 9.96. The first kappa shape index (κ1) is 20.7. The average Bonchev–Trinajstić information content (AvgIpc) is 2.60. The molecule has 27 heavy (non-hydrogen) atoms. The van der Waals surface area contributed by atoms with Gasteiger partial charge in [0.2, 0.25) is 0 Å². The zero-order valence-electron chi connectivity index (χ0n) is 16.3. The van der Waals surface area contributed by atoms with E-state index in [1.54, 1.807) is 16.8 Å². The van der Waals surface area contributed by atoms with E-state index in [1.807, 2.05) is 20.8 Å². The van der Waals surface area contributed by atoms with Crippen molar-refractivity contribution in [3.05, 3.63) is 39.9 Å². The number of rotatable bonds is 4. The molecule has 2 rings (SSSR count). The Morgan fingerprint density at radius 1 is 1.22 bits per heavy atom. The Bertz CT molecular complexity index is 688. The molecule has 0 bridgehead atoms. The molecule has 0 atom stereocenters. The Labute approximate surface area is 159 Å². The molecular weight excluding hydrogens is 350 g/mol. The van der Waals surface area contributed by atoms with Crippen LogP contribution in [-0.4, -0.2) is 59.0 Å². The number of carbonyl (C=O) groups is 2. The van der Waals surface area contributed by atoms with E-state index < -0.39 is 10.5 Å². The maximum absolute atomic E-state index is 12.5. The minimum atomic E-state index is -0.522. The second-order valence-electron chi connectivity index (χ2n) is 7.90. The summed E-state index contributed by atoms with van der Waals surface area (Å²) in [6.45, 7) is 7.29. The number of benzene rings is 1. The molecule has 2 amide bonds. The normalized spacial score (nSPS) is 15.3. The first-order chi connectivity index (χ1) is 12.6. The maximum atomic E-state index is 12.5. The molecule has 1 saturated heterocycles. The molecule has 0 unspecified atom stereocenters. The van der Waals surface area contributed by atoms with E-state index in [0.717, 1.165) is 12.8 Å². The van der Waals surface area contributed by atoms with Gasteiger partial charge in [-0.15, -0.1) is 0 Å². The first-order valence-corrected chi connectivity index (χ1v) is 9.04. The molecule has 1 heterocycles. The quantitative estimate of drug-likeness (QED) is 0.593. The minimum Gasteiger partial charge on any atom is -0.444 e. The highest BCUT2D eigenvalue weighted by Crippen LogP contribution is 2.21. The third-order valence-corrected chi connectivity index (χ3v) is 4.46. The molecule has 8 nitrogen and oxygen atoms in total. The SMILES string of the molecule is CN(CC1CCN(C(=O)c2ccc([N+](=O)[O-])cc2)CC1)C(=O)OC(C)(C)C. The largest absolute Gasteiger partial charge is 0.444 e. The van der Waals surface area contributed by atoms with Gasteiger partial charge < -0.3 is 14.5 Å². The molecule has 1 aliphatic heterocycles. The number of hydrogen-bond donors (Lipinski definition) is 0. The van der Waals surface area contributed by atoms with Crippen LogP contribution in [0.4, 0.5) is 10.5 Å². The van der Waals surface area contributed by atoms with Crippen molar-refractivity contribution in [3.8, 4) is 0 Å². The van der Waals surface area contributed by atoms with Crippen molar-refractivity contribution in [2.75, 3.05) is 26.7 Å². The molecule has 1 aromatic rings. The summed E-state index contributed by atoms with van der Waals surface area (Å²) in [5, 5.41) is 10.7. The Kier molecular flexibility index (Phi) is 6.41. The second-order valence-corrected chi connectivity index (χ2v) is 7.90. The predicted octanol–water partition coefficient (Wildman–Crippen LogP) is 3.31. The van der Waals surface area contributed by atoms with Crippen LogP contribution < -0.4 is 0 Å². The summed E-state index contributed by atoms with van der Waals surface area (Å²) in [6, 6.07) is 5.66. The lowest BCUT2D eigenvalue weighted by Crippen LogP contribution is -2.43. The monoisotopic (exact) mass is 377 g/mol. The van der Waals surface area contributed by atoms with Crippen molar-refractivity contribution in [3.63, 3.8) is 0 Å². The third kappa shape index (κ3) is 5.94. The summed E-state index contributed by atoms with van der Waals surface area (Å²) in [5.74, 6) is 0.187. The Morgan fingerprint density at radius 2 is 1.78 bits per heavy atom. The Hall–Kier alpha value is -2.64. The zero-order valence-corrected chi connectivity index (χ0v) is 16.3. The number of nitro benzene ring substituents is 1. The zero-order chi connectivity index (χ0) is 20.2. The number of nitro groups is 1. The summed E-state index contributed by atoms with van der Waals surface area (Å²) in [5.41, 5.74) is -0.105. The fraction of sp³-hybridized carbons (Fsp3) is 0.579. The Balaban J connectivity index is 1.84. The van der Waals surface area contributed by atoms with Crippen LogP contribution in [0.25, 0.3) is 0 Å². The van der Waals surface area contributed by atoms with Crippen LogP contribution in [0.15, 0.2) is 24.3 Å². The molecule has 0 aliphatic carbocycles. The number of ether oxygens (including phenoxy) is 1. The lowest BCUT2D eigenvalue weighted by Gasteiger charge is -2.34. The number of nitrogens with zero attached hydrogens (tertiary/aromatic N) is 3. The van der Waals surface area contributed by atoms with Gasteiger partial charge in [0, 0.05) is 44.4 Å². The number of likely N-dealkylation sites (tertiary alicyclic amines) is 1. The highest BCUT2D eigenvalue weighted by Gasteiger charge is 2.27. The van der Waals surface area contributed by atoms with E-state index in [2.05, 4.69) is 0 Å². The van der Waals surface area contributed by atoms with Crippen molar-refractivity contribution in [1.29, 1.82) is 0 Å². The van der Waals surface area contributed by atoms with Gasteiger partial charge in [0.15, 0.2) is 0 Å². The second kappa shape index (κ2) is 8.37. The predicted molar refractivity (Wildman–Crippen MR) is 101 cm³/mol. The first-order valence-electron chi connectivity index (χ1n) is 9.04. The fourth-order valence-electron chi connectivity index (χ4n) is 3.03. The minimum absolute atomic E-state index is 0.0320. The van der Waals surface area contributed by atoms with Crippen molar-refractivity contribution in [2.45, 2.75) is 39.2 Å². The van der Waals surface area contributed by atoms with Crippen LogP contribution in [0, 0.1) is 16.0 Å². The van der Waals surface area contributed by atoms with E-state index in [4.69, 9.17) is 4.74 Å². The summed E-state index contributed by atoms with van der Waals surface area (Å²) in [6.07, 6.45) is 1.25. The van der Waals surface area contributed by atoms with E-state index >= 15 is 0 Å². The number of amides is 2. The van der Waals surface area contributed by atoms with Crippen LogP contribution in [0.3, 0.4) is 0 Å². The molecule has 0 N–H and O–H groups in total. The van der Waals surface area contributed by atoms with E-state index in [-0.39, 0.29) is 17.7 Å². The van der Waals surface area contributed by atoms with Gasteiger partial charge in [0.25, 0.3) is 11.6 Å². The van der Waals surface area contributed by atoms with Gasteiger partial charge in [-0.3, -0.25) is 14.9 Å². The maximum Gasteiger partial charge on any atom is 0.410 e. The van der Waals surface area contributed by atoms with Gasteiger partial charge in [-0.2, -0.15) is 0 Å². The number of carbonyl (C=O) groups excluding carboxylic acids is 2. The topological polar surface area (TPSA) is 93.0 Å². The molecular formula is C19H27N3O5. The molecule has 8 heteroatoms. The van der Waals surface area contributed by atoms with Crippen molar-refractivity contribution >= 4 is 17.7 Å². The molecule has 0 saturated carbocycles. The molecule has 148 valence electrons. The van der Waals surface area contributed by atoms with Gasteiger partial charge >= 0.3 is 6.09 Å². The van der Waals surface area contributed by atoms with Crippen LogP contribution in [-0.2, 0) is 4.74 Å². The van der Waals surface area contributed by atoms with Crippen LogP contribution in [0.1, 0.15) is 44.0 Å². The number of non-ortho nitro benzene ring substituents is 1. The molecule has 1 aliphatic rings. The van der Waals surface area contributed by atoms with Gasteiger partial charge in [-0.05, 0) is 51.7 Å². The smallest absolute Gasteiger partial charge is 0.410 e. The summed E-state index contributed by atoms with van der Waals surface area (Å²) in [7, 11) is 1.72. The standard InChI is InChI=1S/C19H27N3O5/c1-19(2,3)27-18(24)20(4)13-14-9-11-21(12-10-14)17(23)15-5-7-16(8-6-15)22(25)26/h5-8,14H,9-13H2,1-4H3. The highest BCUT2D eigenvalue weighted by atomic mass is 16.6. The van der Waals surface area contributed by atoms with Gasteiger partial charge in [0.05, 0.1) is 4.92 Å². The molecule has 0 spiro atoms. The molecule has 0 aromatic heterocycles. The fourth-order valence-corrected chi connectivity index (χ4v) is 3.03. The third-order valence-electron chi connectivity index (χ3n) is 4.46. The van der Waals surface area contributed by atoms with Gasteiger partial charge in [0.1, 0.15) is 5.60 Å². The summed E-state index contributed by atoms with van der Waals surface area (Å²) >= 11 is 0. The van der Waals surface area contributed by atoms with Gasteiger partial charge in [-0.1, -0.05) is 0 Å². The van der Waals surface area contributed by atoms with E-state index in [9.17, 15) is 19.7 Å². The van der Waals surface area contributed by atoms with Crippen molar-refractivity contribution in [2.24, 2.45) is 5.92 Å². The van der Waals surface area contributed by atoms with Crippen LogP contribution >= 0.6 is 0 Å². The number of hydrogen-bond acceptors (Lipinski definition) is 5. The number of piperidine rings is 1. The molecule has 0 radical (unpaired) electrons. The van der Waals surface area contributed by atoms with E-state index in [0.29, 0.717) is 31.1 Å². The lowest BCUT2D eigenvalue weighted by molar-refractivity contribution is -0.384. The molecule has 1 aromatic carbocycles. The summed E-state index contributed by atoms with van der Waals surface area (Å²) < 4.78 is 5.36. The van der Waals surface area contributed by atoms with E-state index in [1.165, 1.54) is 24.3 Å². The van der Waals surface area contributed by atoms with Crippen LogP contribution in [0.2, 0.25) is 0 Å². The average molecular weight is 377 g/mol. The highest BCUT2D eigenvalue weighted by molar-refractivity contribution is 5.94. The molecule has 1 fully saturated rings. The van der Waals surface area contributed by atoms with Crippen molar-refractivity contribution in [1.82, 2.24) is 9.80 Å². The summed E-state index contributed by atoms with van der Waals surface area (Å²) in [4.78, 5) is 38.2. The van der Waals surface area contributed by atoms with Gasteiger partial charge in [-0.25, -0.2) is 4.79 Å². The Morgan fingerprint density at radius 3 is 2.26 bits per heavy atom. The van der Waals surface area contributed by atoms with Crippen molar-refractivity contribution < 1.29 is 19.2 Å².